The average molecular weight is 986 g/mol. The minimum Gasteiger partial charge on any atom is -0.462 e. The van der Waals surface area contributed by atoms with Crippen molar-refractivity contribution in [1.29, 1.82) is 0 Å². The van der Waals surface area contributed by atoms with E-state index in [0.717, 1.165) is 75.0 Å². The molecule has 21 heteroatoms. The molecule has 67 heavy (non-hydrogen) atoms. The molecule has 378 valence electrons. The fourth-order valence-electron chi connectivity index (χ4n) is 6.25. The number of unbranched alkanes of at least 4 members (excludes halogenated alkanes) is 5. The lowest BCUT2D eigenvalue weighted by Gasteiger charge is -2.21. The van der Waals surface area contributed by atoms with Crippen LogP contribution >= 0.6 is 15.6 Å². The zero-order chi connectivity index (χ0) is 49.5. The summed E-state index contributed by atoms with van der Waals surface area (Å²) in [4.78, 5) is 61.6. The Kier molecular flexibility index (Phi) is 29.7. The van der Waals surface area contributed by atoms with Crippen molar-refractivity contribution in [3.05, 3.63) is 95.7 Å². The summed E-state index contributed by atoms with van der Waals surface area (Å²) in [5, 5.41) is 31.1. The number of phosphoric acid groups is 2. The number of hydrogen-bond donors (Lipinski definition) is 6. The van der Waals surface area contributed by atoms with Gasteiger partial charge in [-0.3, -0.25) is 23.2 Å². The van der Waals surface area contributed by atoms with Gasteiger partial charge in [0.05, 0.1) is 19.3 Å². The third kappa shape index (κ3) is 27.7. The molecule has 2 heterocycles. The van der Waals surface area contributed by atoms with Gasteiger partial charge in [0.25, 0.3) is 0 Å². The van der Waals surface area contributed by atoms with Crippen LogP contribution in [0.3, 0.4) is 0 Å². The first kappa shape index (κ1) is 59.3. The number of allylic oxidation sites excluding steroid dienone is 10. The first-order valence-electron chi connectivity index (χ1n) is 22.9. The van der Waals surface area contributed by atoms with Crippen molar-refractivity contribution in [2.24, 2.45) is 5.92 Å². The van der Waals surface area contributed by atoms with Gasteiger partial charge in [0, 0.05) is 19.0 Å². The highest BCUT2D eigenvalue weighted by Gasteiger charge is 2.46. The van der Waals surface area contributed by atoms with Crippen molar-refractivity contribution in [1.82, 2.24) is 9.55 Å². The summed E-state index contributed by atoms with van der Waals surface area (Å²) in [6.07, 6.45) is 26.6. The predicted molar refractivity (Wildman–Crippen MR) is 253 cm³/mol. The van der Waals surface area contributed by atoms with E-state index in [1.807, 2.05) is 12.2 Å². The molecule has 3 unspecified atom stereocenters. The van der Waals surface area contributed by atoms with Gasteiger partial charge in [0.2, 0.25) is 0 Å². The van der Waals surface area contributed by atoms with Gasteiger partial charge in [-0.05, 0) is 56.9 Å². The third-order valence-electron chi connectivity index (χ3n) is 9.83. The quantitative estimate of drug-likeness (QED) is 0.0127. The van der Waals surface area contributed by atoms with Crippen LogP contribution in [0.1, 0.15) is 123 Å². The van der Waals surface area contributed by atoms with E-state index in [1.165, 1.54) is 6.07 Å². The zero-order valence-corrected chi connectivity index (χ0v) is 40.7. The van der Waals surface area contributed by atoms with Crippen molar-refractivity contribution in [2.45, 2.75) is 154 Å². The van der Waals surface area contributed by atoms with Crippen LogP contribution in [0.15, 0.2) is 90.0 Å². The highest BCUT2D eigenvalue weighted by atomic mass is 31.3. The molecule has 1 aliphatic heterocycles. The lowest BCUT2D eigenvalue weighted by atomic mass is 10.0. The molecule has 0 aromatic carbocycles. The summed E-state index contributed by atoms with van der Waals surface area (Å²) >= 11 is 0. The van der Waals surface area contributed by atoms with Crippen molar-refractivity contribution >= 4 is 33.4 Å². The number of nitrogens with two attached hydrogens (primary N) is 1. The molecule has 1 fully saturated rings. The smallest absolute Gasteiger partial charge is 0.462 e. The first-order valence-corrected chi connectivity index (χ1v) is 25.9. The molecule has 1 aromatic heterocycles. The Morgan fingerprint density at radius 1 is 0.836 bits per heavy atom. The van der Waals surface area contributed by atoms with Crippen LogP contribution in [-0.2, 0) is 46.3 Å². The fourth-order valence-corrected chi connectivity index (χ4v) is 8.36. The molecule has 1 saturated heterocycles. The van der Waals surface area contributed by atoms with E-state index in [9.17, 15) is 48.6 Å². The predicted octanol–water partition coefficient (Wildman–Crippen LogP) is 7.38. The van der Waals surface area contributed by atoms with Crippen molar-refractivity contribution < 1.29 is 71.4 Å². The van der Waals surface area contributed by atoms with Gasteiger partial charge in [-0.1, -0.05) is 132 Å². The number of hydrogen-bond acceptors (Lipinski definition) is 16. The number of anilines is 1. The Labute approximate surface area is 394 Å². The maximum atomic E-state index is 12.8. The van der Waals surface area contributed by atoms with Gasteiger partial charge < -0.3 is 45.1 Å². The van der Waals surface area contributed by atoms with Gasteiger partial charge in [-0.25, -0.2) is 13.9 Å². The lowest BCUT2D eigenvalue weighted by molar-refractivity contribution is -0.161. The normalized spacial score (nSPS) is 20.8. The summed E-state index contributed by atoms with van der Waals surface area (Å²) in [5.41, 5.74) is 4.56. The molecule has 19 nitrogen and oxygen atoms in total. The highest BCUT2D eigenvalue weighted by Crippen LogP contribution is 2.60. The highest BCUT2D eigenvalue weighted by molar-refractivity contribution is 7.61. The molecule has 0 spiro atoms. The minimum atomic E-state index is -5.45. The molecule has 0 saturated carbocycles. The number of aromatic nitrogens is 2. The van der Waals surface area contributed by atoms with Crippen molar-refractivity contribution in [3.8, 4) is 0 Å². The van der Waals surface area contributed by atoms with Crippen molar-refractivity contribution in [3.63, 3.8) is 0 Å². The second-order valence-electron chi connectivity index (χ2n) is 16.2. The Hall–Kier alpha value is -3.84. The van der Waals surface area contributed by atoms with E-state index in [4.69, 9.17) is 29.0 Å². The van der Waals surface area contributed by atoms with Crippen LogP contribution < -0.4 is 11.4 Å². The van der Waals surface area contributed by atoms with Crippen LogP contribution in [0.2, 0.25) is 0 Å². The molecule has 0 bridgehead atoms. The van der Waals surface area contributed by atoms with E-state index >= 15 is 0 Å². The molecule has 1 aromatic rings. The molecule has 0 radical (unpaired) electrons. The summed E-state index contributed by atoms with van der Waals surface area (Å²) in [6.45, 7) is 3.99. The number of carbonyl (C=O) groups is 2. The van der Waals surface area contributed by atoms with Crippen LogP contribution in [0, 0.1) is 5.92 Å². The summed E-state index contributed by atoms with van der Waals surface area (Å²) in [6, 6.07) is 1.23. The zero-order valence-electron chi connectivity index (χ0n) is 38.9. The first-order chi connectivity index (χ1) is 31.9. The molecule has 2 rings (SSSR count). The van der Waals surface area contributed by atoms with Crippen LogP contribution in [0.5, 0.6) is 0 Å². The second-order valence-corrected chi connectivity index (χ2v) is 19.2. The molecular weight excluding hydrogens is 912 g/mol. The monoisotopic (exact) mass is 985 g/mol. The number of aliphatic hydroxyl groups is 3. The Morgan fingerprint density at radius 3 is 2.15 bits per heavy atom. The van der Waals surface area contributed by atoms with E-state index in [1.54, 1.807) is 24.3 Å². The Bertz CT molecular complexity index is 1930. The Balaban J connectivity index is 1.86. The van der Waals surface area contributed by atoms with Gasteiger partial charge in [-0.15, -0.1) is 0 Å². The fraction of sp³-hybridized carbons (Fsp3) is 0.609. The summed E-state index contributed by atoms with van der Waals surface area (Å²) in [7, 11) is -10.9. The molecule has 8 atom stereocenters. The topological polar surface area (TPSA) is 286 Å². The third-order valence-corrected chi connectivity index (χ3v) is 12.4. The van der Waals surface area contributed by atoms with Gasteiger partial charge in [-0.2, -0.15) is 9.29 Å². The maximum absolute atomic E-state index is 12.8. The number of rotatable bonds is 35. The van der Waals surface area contributed by atoms with Crippen LogP contribution in [0.25, 0.3) is 0 Å². The number of ether oxygens (including phenoxy) is 3. The number of nitrogen functional groups attached to an aromatic ring is 1. The van der Waals surface area contributed by atoms with E-state index in [-0.39, 0.29) is 25.1 Å². The van der Waals surface area contributed by atoms with Gasteiger partial charge in [0.15, 0.2) is 12.3 Å². The maximum Gasteiger partial charge on any atom is 0.481 e. The number of carbonyl (C=O) groups excluding carboxylic acids is 2. The minimum absolute atomic E-state index is 0.00675. The molecule has 0 aliphatic carbocycles. The van der Waals surface area contributed by atoms with Crippen molar-refractivity contribution in [2.75, 3.05) is 25.6 Å². The van der Waals surface area contributed by atoms with E-state index in [2.05, 4.69) is 66.5 Å². The summed E-state index contributed by atoms with van der Waals surface area (Å²) < 4.78 is 56.3. The number of phosphoric ester groups is 2. The van der Waals surface area contributed by atoms with Gasteiger partial charge in [0.1, 0.15) is 30.7 Å². The van der Waals surface area contributed by atoms with Crippen LogP contribution in [0.4, 0.5) is 5.82 Å². The van der Waals surface area contributed by atoms with E-state index < -0.39 is 89.8 Å². The number of aliphatic hydroxyl groups excluding tert-OH is 3. The van der Waals surface area contributed by atoms with Gasteiger partial charge >= 0.3 is 33.3 Å². The Morgan fingerprint density at radius 2 is 1.48 bits per heavy atom. The standard InChI is InChI=1S/C46H73N3O16P2/c1-4-5-6-7-8-9-10-11-12-13-14-18-22-27-37(50)28-23-20-25-29-41(51)60-33-38(63-42(52)30-24-19-16-15-17-21-26-36(2)3)34-61-66(56,57)65-67(58,59)62-35-39-43(53)44(54)45(64-39)49-32-31-40(47)48-46(49)55/h5-6,8-9,11-12,14,18,20,22-23,27,31-32,36-39,43-45,50,53-54H,4,7,10,13,15-17,19,21,24-26,28-30,33-35H2,1-3H3,(H,56,57)(H,58,59)(H2,47,48,55)/b6-5-,9-8-,12-11-,18-14-,23-20-,27-22-/t37?,38-,39-,43-,44-,45-/m1/s1. The lowest BCUT2D eigenvalue weighted by Crippen LogP contribution is -2.36. The number of nitrogens with zero attached hydrogens (tertiary/aromatic N) is 2. The van der Waals surface area contributed by atoms with E-state index in [0.29, 0.717) is 18.8 Å². The van der Waals surface area contributed by atoms with Crippen LogP contribution in [-0.4, -0.2) is 96.9 Å². The largest absolute Gasteiger partial charge is 0.481 e. The molecule has 1 aliphatic rings. The molecular formula is C46H73N3O16P2. The summed E-state index contributed by atoms with van der Waals surface area (Å²) in [5.74, 6) is -0.860. The molecule has 7 N–H and O–H groups in total. The molecule has 0 amide bonds. The number of esters is 2. The second kappa shape index (κ2) is 33.6. The average Bonchev–Trinajstić information content (AvgIpc) is 3.54. The SMILES string of the molecule is CC/C=C\C/C=C\C/C=C\C/C=C\C=C/C(O)C/C=C\CCC(=O)OC[C@H](COP(=O)(O)OP(=O)(O)OC[C@H]1O[C@@H](n2ccc(N)nc2=O)[C@H](O)[C@@H]1O)OC(=O)CCCCCCCCC(C)C.